The first-order valence-electron chi connectivity index (χ1n) is 8.88. The molecule has 0 atom stereocenters. The molecule has 152 valence electrons. The lowest BCUT2D eigenvalue weighted by atomic mass is 10.3. The van der Waals surface area contributed by atoms with Crippen molar-refractivity contribution < 1.29 is 17.6 Å². The third-order valence-corrected chi connectivity index (χ3v) is 6.54. The number of nitrogens with zero attached hydrogens (tertiary/aromatic N) is 3. The number of rotatable bonds is 6. The number of carbonyl (C=O) groups excluding carboxylic acids is 1. The number of halogens is 1. The van der Waals surface area contributed by atoms with Gasteiger partial charge in [-0.15, -0.1) is 0 Å². The second-order valence-corrected chi connectivity index (χ2v) is 8.72. The summed E-state index contributed by atoms with van der Waals surface area (Å²) in [5.74, 6) is -0.806. The average molecular weight is 416 g/mol. The van der Waals surface area contributed by atoms with Gasteiger partial charge in [0.1, 0.15) is 11.5 Å². The first kappa shape index (κ1) is 20.7. The first-order chi connectivity index (χ1) is 13.7. The van der Waals surface area contributed by atoms with Gasteiger partial charge in [-0.05, 0) is 62.4 Å². The summed E-state index contributed by atoms with van der Waals surface area (Å²) in [4.78, 5) is 16.8. The highest BCUT2D eigenvalue weighted by Crippen LogP contribution is 2.20. The maximum Gasteiger partial charge on any atom is 0.274 e. The predicted octanol–water partition coefficient (Wildman–Crippen LogP) is 3.29. The first-order valence-corrected chi connectivity index (χ1v) is 10.3. The van der Waals surface area contributed by atoms with E-state index in [1.807, 2.05) is 0 Å². The number of hydrogen-bond donors (Lipinski definition) is 1. The van der Waals surface area contributed by atoms with Gasteiger partial charge < -0.3 is 5.32 Å². The number of sulfonamides is 1. The molecule has 0 aliphatic heterocycles. The summed E-state index contributed by atoms with van der Waals surface area (Å²) in [5.41, 5.74) is 1.29. The Balaban J connectivity index is 1.79. The zero-order chi connectivity index (χ0) is 21.2. The van der Waals surface area contributed by atoms with Crippen LogP contribution in [0.3, 0.4) is 0 Å². The van der Waals surface area contributed by atoms with Crippen molar-refractivity contribution in [3.8, 4) is 5.69 Å². The van der Waals surface area contributed by atoms with E-state index in [2.05, 4.69) is 10.3 Å². The molecule has 1 amide bonds. The molecule has 0 saturated carbocycles. The van der Waals surface area contributed by atoms with Crippen LogP contribution in [-0.2, 0) is 10.0 Å². The fraction of sp³-hybridized carbons (Fsp3) is 0.200. The van der Waals surface area contributed by atoms with E-state index < -0.39 is 15.9 Å². The summed E-state index contributed by atoms with van der Waals surface area (Å²) in [6, 6.07) is 11.4. The van der Waals surface area contributed by atoms with E-state index >= 15 is 0 Å². The van der Waals surface area contributed by atoms with E-state index in [1.54, 1.807) is 26.0 Å². The smallest absolute Gasteiger partial charge is 0.274 e. The average Bonchev–Trinajstić information content (AvgIpc) is 3.18. The fourth-order valence-electron chi connectivity index (χ4n) is 2.62. The van der Waals surface area contributed by atoms with E-state index in [-0.39, 0.29) is 22.4 Å². The van der Waals surface area contributed by atoms with Crippen molar-refractivity contribution in [2.45, 2.75) is 24.8 Å². The monoisotopic (exact) mass is 416 g/mol. The van der Waals surface area contributed by atoms with Crippen molar-refractivity contribution in [2.75, 3.05) is 12.4 Å². The molecule has 0 unspecified atom stereocenters. The molecule has 0 spiro atoms. The van der Waals surface area contributed by atoms with Crippen LogP contribution in [0.4, 0.5) is 10.1 Å². The van der Waals surface area contributed by atoms with Gasteiger partial charge in [0.15, 0.2) is 0 Å². The van der Waals surface area contributed by atoms with Crippen LogP contribution in [0.15, 0.2) is 66.0 Å². The van der Waals surface area contributed by atoms with Crippen molar-refractivity contribution in [3.63, 3.8) is 0 Å². The molecule has 2 aromatic carbocycles. The quantitative estimate of drug-likeness (QED) is 0.668. The minimum atomic E-state index is -3.60. The highest BCUT2D eigenvalue weighted by Gasteiger charge is 2.23. The van der Waals surface area contributed by atoms with E-state index in [1.165, 1.54) is 64.8 Å². The van der Waals surface area contributed by atoms with Crippen LogP contribution in [0, 0.1) is 5.82 Å². The molecular formula is C20H21FN4O3S. The molecule has 0 bridgehead atoms. The lowest BCUT2D eigenvalue weighted by Crippen LogP contribution is -2.33. The molecule has 0 aliphatic rings. The predicted molar refractivity (Wildman–Crippen MR) is 108 cm³/mol. The Morgan fingerprint density at radius 3 is 2.31 bits per heavy atom. The van der Waals surface area contributed by atoms with Gasteiger partial charge in [0.05, 0.1) is 17.4 Å². The molecule has 0 radical (unpaired) electrons. The number of anilines is 1. The summed E-state index contributed by atoms with van der Waals surface area (Å²) in [6.45, 7) is 3.58. The number of amides is 1. The molecule has 1 aromatic heterocycles. The fourth-order valence-corrected chi connectivity index (χ4v) is 3.99. The summed E-state index contributed by atoms with van der Waals surface area (Å²) >= 11 is 0. The normalized spacial score (nSPS) is 11.8. The maximum atomic E-state index is 13.1. The van der Waals surface area contributed by atoms with Gasteiger partial charge in [0.25, 0.3) is 5.91 Å². The zero-order valence-electron chi connectivity index (χ0n) is 16.2. The standard InChI is InChI=1S/C20H21FN4O3S/c1-14(2)24(3)29(27,28)18-10-6-16(7-11-18)23-20(26)19-12-22-13-25(19)17-8-4-15(21)5-9-17/h4-14H,1-3H3,(H,23,26). The van der Waals surface area contributed by atoms with Crippen LogP contribution < -0.4 is 5.32 Å². The van der Waals surface area contributed by atoms with Crippen LogP contribution in [0.25, 0.3) is 5.69 Å². The summed E-state index contributed by atoms with van der Waals surface area (Å²) in [7, 11) is -2.08. The molecule has 3 rings (SSSR count). The largest absolute Gasteiger partial charge is 0.321 e. The molecular weight excluding hydrogens is 395 g/mol. The van der Waals surface area contributed by atoms with Crippen molar-refractivity contribution in [1.82, 2.24) is 13.9 Å². The van der Waals surface area contributed by atoms with E-state index in [0.29, 0.717) is 11.4 Å². The molecule has 0 fully saturated rings. The van der Waals surface area contributed by atoms with Gasteiger partial charge in [0.2, 0.25) is 10.0 Å². The van der Waals surface area contributed by atoms with E-state index in [4.69, 9.17) is 0 Å². The lowest BCUT2D eigenvalue weighted by Gasteiger charge is -2.21. The molecule has 29 heavy (non-hydrogen) atoms. The topological polar surface area (TPSA) is 84.3 Å². The third-order valence-electron chi connectivity index (χ3n) is 4.49. The van der Waals surface area contributed by atoms with E-state index in [9.17, 15) is 17.6 Å². The van der Waals surface area contributed by atoms with Gasteiger partial charge in [-0.25, -0.2) is 17.8 Å². The minimum Gasteiger partial charge on any atom is -0.321 e. The van der Waals surface area contributed by atoms with Gasteiger partial charge in [0, 0.05) is 24.5 Å². The molecule has 0 saturated heterocycles. The number of hydrogen-bond acceptors (Lipinski definition) is 4. The summed E-state index contributed by atoms with van der Waals surface area (Å²) < 4.78 is 41.0. The van der Waals surface area contributed by atoms with Gasteiger partial charge in [-0.3, -0.25) is 9.36 Å². The highest BCUT2D eigenvalue weighted by atomic mass is 32.2. The van der Waals surface area contributed by atoms with Crippen LogP contribution in [0.5, 0.6) is 0 Å². The maximum absolute atomic E-state index is 13.1. The van der Waals surface area contributed by atoms with Crippen molar-refractivity contribution in [1.29, 1.82) is 0 Å². The van der Waals surface area contributed by atoms with Crippen molar-refractivity contribution in [2.24, 2.45) is 0 Å². The van der Waals surface area contributed by atoms with Gasteiger partial charge >= 0.3 is 0 Å². The molecule has 1 N–H and O–H groups in total. The number of carbonyl (C=O) groups is 1. The Kier molecular flexibility index (Phi) is 5.81. The Morgan fingerprint density at radius 2 is 1.72 bits per heavy atom. The SMILES string of the molecule is CC(C)N(C)S(=O)(=O)c1ccc(NC(=O)c2cncn2-c2ccc(F)cc2)cc1. The Bertz CT molecular complexity index is 1110. The Morgan fingerprint density at radius 1 is 1.10 bits per heavy atom. The number of nitrogens with one attached hydrogen (secondary N) is 1. The van der Waals surface area contributed by atoms with Crippen LogP contribution >= 0.6 is 0 Å². The molecule has 7 nitrogen and oxygen atoms in total. The van der Waals surface area contributed by atoms with Crippen molar-refractivity contribution >= 4 is 21.6 Å². The second kappa shape index (κ2) is 8.14. The summed E-state index contributed by atoms with van der Waals surface area (Å²) in [6.07, 6.45) is 2.86. The van der Waals surface area contributed by atoms with Crippen LogP contribution in [-0.4, -0.2) is 41.3 Å². The molecule has 0 aliphatic carbocycles. The van der Waals surface area contributed by atoms with E-state index in [0.717, 1.165) is 0 Å². The second-order valence-electron chi connectivity index (χ2n) is 6.72. The highest BCUT2D eigenvalue weighted by molar-refractivity contribution is 7.89. The number of imidazole rings is 1. The molecule has 3 aromatic rings. The summed E-state index contributed by atoms with van der Waals surface area (Å²) in [5, 5.41) is 2.71. The number of benzene rings is 2. The van der Waals surface area contributed by atoms with Gasteiger partial charge in [-0.1, -0.05) is 0 Å². The van der Waals surface area contributed by atoms with Gasteiger partial charge in [-0.2, -0.15) is 4.31 Å². The Hall–Kier alpha value is -3.04. The van der Waals surface area contributed by atoms with Crippen LogP contribution in [0.1, 0.15) is 24.3 Å². The van der Waals surface area contributed by atoms with Crippen LogP contribution in [0.2, 0.25) is 0 Å². The van der Waals surface area contributed by atoms with Crippen molar-refractivity contribution in [3.05, 3.63) is 72.6 Å². The zero-order valence-corrected chi connectivity index (χ0v) is 17.0. The third kappa shape index (κ3) is 4.36. The molecule has 9 heteroatoms. The molecule has 1 heterocycles. The number of aromatic nitrogens is 2. The Labute approximate surface area is 168 Å². The lowest BCUT2D eigenvalue weighted by molar-refractivity contribution is 0.102. The minimum absolute atomic E-state index is 0.142.